The lowest BCUT2D eigenvalue weighted by Gasteiger charge is -2.14. The van der Waals surface area contributed by atoms with Gasteiger partial charge in [-0.2, -0.15) is 0 Å². The minimum absolute atomic E-state index is 0.303. The minimum Gasteiger partial charge on any atom is -0.493 e. The molecular formula is C19H18N2O3S. The highest BCUT2D eigenvalue weighted by molar-refractivity contribution is 7.13. The first-order chi connectivity index (χ1) is 12.2. The van der Waals surface area contributed by atoms with Crippen molar-refractivity contribution in [1.82, 2.24) is 4.98 Å². The largest absolute Gasteiger partial charge is 0.493 e. The highest BCUT2D eigenvalue weighted by Crippen LogP contribution is 2.38. The monoisotopic (exact) mass is 354 g/mol. The molecule has 0 spiro atoms. The van der Waals surface area contributed by atoms with E-state index >= 15 is 0 Å². The summed E-state index contributed by atoms with van der Waals surface area (Å²) in [5.74, 6) is 1.53. The highest BCUT2D eigenvalue weighted by Gasteiger charge is 2.17. The van der Waals surface area contributed by atoms with E-state index in [9.17, 15) is 0 Å². The summed E-state index contributed by atoms with van der Waals surface area (Å²) in [6.07, 6.45) is 0. The van der Waals surface area contributed by atoms with Crippen LogP contribution in [0.1, 0.15) is 11.3 Å². The maximum Gasteiger partial charge on any atom is 0.203 e. The number of hydrogen-bond donors (Lipinski definition) is 1. The first-order valence-electron chi connectivity index (χ1n) is 7.58. The first-order valence-corrected chi connectivity index (χ1v) is 8.46. The van der Waals surface area contributed by atoms with Crippen LogP contribution in [-0.4, -0.2) is 32.0 Å². The van der Waals surface area contributed by atoms with Crippen molar-refractivity contribution in [3.05, 3.63) is 59.1 Å². The molecular weight excluding hydrogens is 336 g/mol. The number of ether oxygens (including phenoxy) is 3. The van der Waals surface area contributed by atoms with Crippen molar-refractivity contribution in [3.63, 3.8) is 0 Å². The lowest BCUT2D eigenvalue weighted by molar-refractivity contribution is 0.324. The maximum absolute atomic E-state index is 8.51. The Kier molecular flexibility index (Phi) is 5.00. The summed E-state index contributed by atoms with van der Waals surface area (Å²) in [7, 11) is 4.67. The Hall–Kier alpha value is -2.86. The number of thiazole rings is 1. The zero-order chi connectivity index (χ0) is 17.8. The van der Waals surface area contributed by atoms with Gasteiger partial charge in [0.15, 0.2) is 11.5 Å². The fourth-order valence-electron chi connectivity index (χ4n) is 2.48. The molecule has 0 amide bonds. The van der Waals surface area contributed by atoms with Gasteiger partial charge in [-0.05, 0) is 12.1 Å². The molecule has 1 aromatic heterocycles. The van der Waals surface area contributed by atoms with Gasteiger partial charge in [-0.15, -0.1) is 11.3 Å². The smallest absolute Gasteiger partial charge is 0.203 e. The number of aromatic nitrogens is 1. The lowest BCUT2D eigenvalue weighted by atomic mass is 10.1. The Labute approximate surface area is 150 Å². The molecule has 1 N–H and O–H groups in total. The molecule has 0 aliphatic heterocycles. The third kappa shape index (κ3) is 3.34. The minimum atomic E-state index is 0.303. The quantitative estimate of drug-likeness (QED) is 0.672. The van der Waals surface area contributed by atoms with E-state index in [1.165, 1.54) is 11.3 Å². The summed E-state index contributed by atoms with van der Waals surface area (Å²) in [5.41, 5.74) is 2.60. The molecule has 0 aliphatic rings. The van der Waals surface area contributed by atoms with Crippen LogP contribution in [-0.2, 0) is 0 Å². The fraction of sp³-hybridized carbons (Fsp3) is 0.158. The molecule has 25 heavy (non-hydrogen) atoms. The van der Waals surface area contributed by atoms with Crippen LogP contribution >= 0.6 is 11.3 Å². The number of nitrogens with one attached hydrogen (secondary N) is 1. The van der Waals surface area contributed by atoms with Gasteiger partial charge in [-0.3, -0.25) is 5.41 Å². The van der Waals surface area contributed by atoms with Crippen LogP contribution in [0.25, 0.3) is 10.6 Å². The number of methoxy groups -OCH3 is 3. The first kappa shape index (κ1) is 17.0. The normalized spacial score (nSPS) is 10.4. The Morgan fingerprint density at radius 1 is 0.960 bits per heavy atom. The Morgan fingerprint density at radius 3 is 2.16 bits per heavy atom. The van der Waals surface area contributed by atoms with Gasteiger partial charge in [0.25, 0.3) is 0 Å². The topological polar surface area (TPSA) is 64.4 Å². The summed E-state index contributed by atoms with van der Waals surface area (Å²) in [4.78, 5) is 4.59. The lowest BCUT2D eigenvalue weighted by Crippen LogP contribution is -2.04. The summed E-state index contributed by atoms with van der Waals surface area (Å²) < 4.78 is 16.0. The highest BCUT2D eigenvalue weighted by atomic mass is 32.1. The maximum atomic E-state index is 8.51. The number of rotatable bonds is 6. The standard InChI is InChI=1S/C19H18N2O3S/c1-22-15-9-13(10-16(23-2)18(15)24-3)17(20)14-11-25-19(21-14)12-7-5-4-6-8-12/h4-11,20H,1-3H3. The molecule has 3 aromatic rings. The van der Waals surface area contributed by atoms with Crippen LogP contribution in [0.2, 0.25) is 0 Å². The third-order valence-electron chi connectivity index (χ3n) is 3.73. The van der Waals surface area contributed by atoms with Crippen LogP contribution in [0, 0.1) is 5.41 Å². The summed E-state index contributed by atoms with van der Waals surface area (Å²) in [6.45, 7) is 0. The van der Waals surface area contributed by atoms with Crippen molar-refractivity contribution in [3.8, 4) is 27.8 Å². The second-order valence-electron chi connectivity index (χ2n) is 5.19. The summed E-state index contributed by atoms with van der Waals surface area (Å²) >= 11 is 1.51. The van der Waals surface area contributed by atoms with E-state index in [-0.39, 0.29) is 0 Å². The van der Waals surface area contributed by atoms with E-state index in [4.69, 9.17) is 19.6 Å². The molecule has 0 bridgehead atoms. The number of benzene rings is 2. The van der Waals surface area contributed by atoms with Crippen LogP contribution in [0.15, 0.2) is 47.8 Å². The average Bonchev–Trinajstić information content (AvgIpc) is 3.17. The van der Waals surface area contributed by atoms with Gasteiger partial charge in [-0.1, -0.05) is 30.3 Å². The zero-order valence-corrected chi connectivity index (χ0v) is 15.0. The molecule has 128 valence electrons. The second kappa shape index (κ2) is 7.36. The van der Waals surface area contributed by atoms with Gasteiger partial charge in [0, 0.05) is 16.5 Å². The van der Waals surface area contributed by atoms with Crippen molar-refractivity contribution in [2.45, 2.75) is 0 Å². The summed E-state index contributed by atoms with van der Waals surface area (Å²) in [5, 5.41) is 11.3. The van der Waals surface area contributed by atoms with Crippen LogP contribution in [0.5, 0.6) is 17.2 Å². The van der Waals surface area contributed by atoms with E-state index in [1.807, 2.05) is 35.7 Å². The van der Waals surface area contributed by atoms with E-state index in [2.05, 4.69) is 4.98 Å². The van der Waals surface area contributed by atoms with Crippen LogP contribution < -0.4 is 14.2 Å². The van der Waals surface area contributed by atoms with E-state index in [1.54, 1.807) is 33.5 Å². The van der Waals surface area contributed by atoms with Crippen molar-refractivity contribution in [1.29, 1.82) is 5.41 Å². The van der Waals surface area contributed by atoms with Gasteiger partial charge in [-0.25, -0.2) is 4.98 Å². The molecule has 1 heterocycles. The molecule has 0 fully saturated rings. The average molecular weight is 354 g/mol. The van der Waals surface area contributed by atoms with Crippen molar-refractivity contribution in [2.75, 3.05) is 21.3 Å². The molecule has 0 saturated heterocycles. The van der Waals surface area contributed by atoms with E-state index in [0.717, 1.165) is 10.6 Å². The summed E-state index contributed by atoms with van der Waals surface area (Å²) in [6, 6.07) is 13.4. The SMILES string of the molecule is COc1cc(C(=N)c2csc(-c3ccccc3)n2)cc(OC)c1OC. The van der Waals surface area contributed by atoms with E-state index < -0.39 is 0 Å². The predicted molar refractivity (Wildman–Crippen MR) is 99.6 cm³/mol. The third-order valence-corrected chi connectivity index (χ3v) is 4.63. The van der Waals surface area contributed by atoms with Crippen molar-refractivity contribution in [2.24, 2.45) is 0 Å². The second-order valence-corrected chi connectivity index (χ2v) is 6.05. The molecule has 5 nitrogen and oxygen atoms in total. The molecule has 0 unspecified atom stereocenters. The predicted octanol–water partition coefficient (Wildman–Crippen LogP) is 4.25. The molecule has 0 radical (unpaired) electrons. The molecule has 0 atom stereocenters. The molecule has 3 rings (SSSR count). The zero-order valence-electron chi connectivity index (χ0n) is 14.2. The molecule has 6 heteroatoms. The van der Waals surface area contributed by atoms with Crippen LogP contribution in [0.3, 0.4) is 0 Å². The van der Waals surface area contributed by atoms with Gasteiger partial charge in [0.2, 0.25) is 5.75 Å². The Balaban J connectivity index is 1.97. The molecule has 0 saturated carbocycles. The Morgan fingerprint density at radius 2 is 1.60 bits per heavy atom. The van der Waals surface area contributed by atoms with Gasteiger partial charge >= 0.3 is 0 Å². The van der Waals surface area contributed by atoms with Crippen molar-refractivity contribution < 1.29 is 14.2 Å². The molecule has 2 aromatic carbocycles. The number of hydrogen-bond acceptors (Lipinski definition) is 6. The molecule has 0 aliphatic carbocycles. The van der Waals surface area contributed by atoms with Gasteiger partial charge < -0.3 is 14.2 Å². The van der Waals surface area contributed by atoms with Crippen LogP contribution in [0.4, 0.5) is 0 Å². The Bertz CT molecular complexity index is 866. The number of nitrogens with zero attached hydrogens (tertiary/aromatic N) is 1. The van der Waals surface area contributed by atoms with Gasteiger partial charge in [0.1, 0.15) is 10.7 Å². The fourth-order valence-corrected chi connectivity index (χ4v) is 3.29. The van der Waals surface area contributed by atoms with E-state index in [0.29, 0.717) is 34.2 Å². The van der Waals surface area contributed by atoms with Crippen molar-refractivity contribution >= 4 is 17.0 Å². The van der Waals surface area contributed by atoms with Gasteiger partial charge in [0.05, 0.1) is 27.0 Å².